The molecule has 81 valence electrons. The van der Waals surface area contributed by atoms with E-state index in [9.17, 15) is 4.79 Å². The van der Waals surface area contributed by atoms with Crippen LogP contribution in [0.25, 0.3) is 5.69 Å². The van der Waals surface area contributed by atoms with Gasteiger partial charge in [-0.3, -0.25) is 0 Å². The third-order valence-corrected chi connectivity index (χ3v) is 2.02. The summed E-state index contributed by atoms with van der Waals surface area (Å²) >= 11 is 0. The predicted octanol–water partition coefficient (Wildman–Crippen LogP) is 0.289. The summed E-state index contributed by atoms with van der Waals surface area (Å²) in [4.78, 5) is 9.88. The van der Waals surface area contributed by atoms with Crippen LogP contribution in [0, 0.1) is 0 Å². The molecule has 0 unspecified atom stereocenters. The van der Waals surface area contributed by atoms with Crippen molar-refractivity contribution in [3.8, 4) is 5.69 Å². The Morgan fingerprint density at radius 2 is 2.12 bits per heavy atom. The maximum absolute atomic E-state index is 9.88. The second-order valence-corrected chi connectivity index (χ2v) is 3.02. The minimum atomic E-state index is 0.219. The Morgan fingerprint density at radius 3 is 2.88 bits per heavy atom. The van der Waals surface area contributed by atoms with Crippen LogP contribution < -0.4 is 0 Å². The highest BCUT2D eigenvalue weighted by atomic mass is 16.5. The Bertz CT molecular complexity index is 455. The number of hydrogen-bond acceptors (Lipinski definition) is 5. The van der Waals surface area contributed by atoms with Crippen LogP contribution in [0.4, 0.5) is 0 Å². The van der Waals surface area contributed by atoms with Gasteiger partial charge >= 0.3 is 6.47 Å². The number of benzene rings is 1. The van der Waals surface area contributed by atoms with Gasteiger partial charge in [-0.15, -0.1) is 5.10 Å². The molecular formula is C10H9N4O2. The van der Waals surface area contributed by atoms with Crippen LogP contribution in [0.2, 0.25) is 0 Å². The fourth-order valence-electron chi connectivity index (χ4n) is 1.32. The zero-order valence-electron chi connectivity index (χ0n) is 8.41. The number of aromatic nitrogens is 4. The van der Waals surface area contributed by atoms with Gasteiger partial charge in [0, 0.05) is 6.42 Å². The molecule has 2 rings (SSSR count). The molecule has 0 spiro atoms. The van der Waals surface area contributed by atoms with Crippen molar-refractivity contribution >= 4 is 6.47 Å². The van der Waals surface area contributed by atoms with E-state index >= 15 is 0 Å². The normalized spacial score (nSPS) is 10.0. The highest BCUT2D eigenvalue weighted by Gasteiger charge is 2.07. The molecule has 0 aliphatic carbocycles. The lowest BCUT2D eigenvalue weighted by Gasteiger charge is -2.02. The first-order chi connectivity index (χ1) is 7.92. The molecule has 0 saturated heterocycles. The second kappa shape index (κ2) is 5.01. The SMILES string of the molecule is O=[C]OCCc1nnnn1-c1ccccc1. The van der Waals surface area contributed by atoms with E-state index < -0.39 is 0 Å². The molecule has 0 amide bonds. The van der Waals surface area contributed by atoms with Gasteiger partial charge in [0.1, 0.15) is 0 Å². The lowest BCUT2D eigenvalue weighted by atomic mass is 10.3. The van der Waals surface area contributed by atoms with E-state index in [-0.39, 0.29) is 6.61 Å². The smallest absolute Gasteiger partial charge is 0.417 e. The third kappa shape index (κ3) is 2.22. The second-order valence-electron chi connectivity index (χ2n) is 3.02. The molecule has 0 bridgehead atoms. The van der Waals surface area contributed by atoms with E-state index in [1.54, 1.807) is 4.68 Å². The van der Waals surface area contributed by atoms with E-state index in [1.165, 1.54) is 6.47 Å². The summed E-state index contributed by atoms with van der Waals surface area (Å²) in [5.41, 5.74) is 0.873. The first kappa shape index (κ1) is 10.3. The van der Waals surface area contributed by atoms with Gasteiger partial charge in [-0.1, -0.05) is 18.2 Å². The zero-order valence-corrected chi connectivity index (χ0v) is 8.41. The minimum Gasteiger partial charge on any atom is -0.457 e. The number of carbonyl (C=O) groups excluding carboxylic acids is 1. The molecule has 0 aliphatic heterocycles. The molecule has 0 aliphatic rings. The standard InChI is InChI=1S/C10H9N4O2/c15-8-16-7-6-10-11-12-13-14(10)9-4-2-1-3-5-9/h1-5H,6-7H2. The Hall–Kier alpha value is -2.24. The van der Waals surface area contributed by atoms with Crippen molar-refractivity contribution in [1.29, 1.82) is 0 Å². The number of para-hydroxylation sites is 1. The fourth-order valence-corrected chi connectivity index (χ4v) is 1.32. The number of tetrazole rings is 1. The van der Waals surface area contributed by atoms with Crippen molar-refractivity contribution < 1.29 is 9.53 Å². The highest BCUT2D eigenvalue weighted by Crippen LogP contribution is 2.07. The van der Waals surface area contributed by atoms with Crippen molar-refractivity contribution in [3.05, 3.63) is 36.2 Å². The molecule has 0 fully saturated rings. The first-order valence-electron chi connectivity index (χ1n) is 4.73. The van der Waals surface area contributed by atoms with Gasteiger partial charge in [0.15, 0.2) is 5.82 Å². The molecule has 0 N–H and O–H groups in total. The molecule has 2 aromatic rings. The fraction of sp³-hybridized carbons (Fsp3) is 0.200. The summed E-state index contributed by atoms with van der Waals surface area (Å²) in [6.45, 7) is 1.58. The van der Waals surface area contributed by atoms with E-state index in [2.05, 4.69) is 20.3 Å². The van der Waals surface area contributed by atoms with Gasteiger partial charge in [-0.05, 0) is 22.6 Å². The molecule has 16 heavy (non-hydrogen) atoms. The summed E-state index contributed by atoms with van der Waals surface area (Å²) in [5, 5.41) is 11.3. The lowest BCUT2D eigenvalue weighted by molar-refractivity contribution is 0.278. The molecule has 1 aromatic carbocycles. The van der Waals surface area contributed by atoms with E-state index in [0.717, 1.165) is 5.69 Å². The molecular weight excluding hydrogens is 208 g/mol. The molecule has 6 heteroatoms. The summed E-state index contributed by atoms with van der Waals surface area (Å²) in [7, 11) is 0. The van der Waals surface area contributed by atoms with Crippen molar-refractivity contribution in [2.45, 2.75) is 6.42 Å². The van der Waals surface area contributed by atoms with Gasteiger partial charge in [0.25, 0.3) is 0 Å². The highest BCUT2D eigenvalue weighted by molar-refractivity contribution is 5.38. The summed E-state index contributed by atoms with van der Waals surface area (Å²) in [6, 6.07) is 9.50. The van der Waals surface area contributed by atoms with Crippen LogP contribution in [0.15, 0.2) is 30.3 Å². The van der Waals surface area contributed by atoms with Crippen LogP contribution in [-0.2, 0) is 16.0 Å². The molecule has 6 nitrogen and oxygen atoms in total. The van der Waals surface area contributed by atoms with Gasteiger partial charge in [0.05, 0.1) is 12.3 Å². The maximum Gasteiger partial charge on any atom is 0.417 e. The molecule has 1 heterocycles. The van der Waals surface area contributed by atoms with E-state index in [0.29, 0.717) is 12.2 Å². The van der Waals surface area contributed by atoms with Crippen molar-refractivity contribution in [2.75, 3.05) is 6.61 Å². The van der Waals surface area contributed by atoms with Gasteiger partial charge < -0.3 is 4.74 Å². The van der Waals surface area contributed by atoms with Gasteiger partial charge in [-0.25, -0.2) is 4.79 Å². The number of hydrogen-bond donors (Lipinski definition) is 0. The number of rotatable bonds is 5. The molecule has 1 radical (unpaired) electrons. The zero-order chi connectivity index (χ0) is 11.2. The van der Waals surface area contributed by atoms with Crippen LogP contribution in [-0.4, -0.2) is 33.3 Å². The van der Waals surface area contributed by atoms with Crippen LogP contribution in [0.5, 0.6) is 0 Å². The summed E-state index contributed by atoms with van der Waals surface area (Å²) in [6.07, 6.45) is 0.455. The summed E-state index contributed by atoms with van der Waals surface area (Å²) < 4.78 is 6.09. The van der Waals surface area contributed by atoms with Crippen LogP contribution in [0.1, 0.15) is 5.82 Å². The van der Waals surface area contributed by atoms with E-state index in [4.69, 9.17) is 0 Å². The molecule has 0 atom stereocenters. The first-order valence-corrected chi connectivity index (χ1v) is 4.73. The predicted molar refractivity (Wildman–Crippen MR) is 54.5 cm³/mol. The quantitative estimate of drug-likeness (QED) is 0.673. The number of nitrogens with zero attached hydrogens (tertiary/aromatic N) is 4. The average Bonchev–Trinajstić information content (AvgIpc) is 2.79. The minimum absolute atomic E-state index is 0.219. The topological polar surface area (TPSA) is 69.9 Å². The largest absolute Gasteiger partial charge is 0.457 e. The Kier molecular flexibility index (Phi) is 3.22. The van der Waals surface area contributed by atoms with Crippen LogP contribution >= 0.6 is 0 Å². The van der Waals surface area contributed by atoms with E-state index in [1.807, 2.05) is 30.3 Å². The Labute approximate surface area is 91.8 Å². The number of ether oxygens (including phenoxy) is 1. The van der Waals surface area contributed by atoms with Gasteiger partial charge in [0.2, 0.25) is 0 Å². The average molecular weight is 217 g/mol. The van der Waals surface area contributed by atoms with Crippen molar-refractivity contribution in [2.24, 2.45) is 0 Å². The Balaban J connectivity index is 2.16. The van der Waals surface area contributed by atoms with Crippen LogP contribution in [0.3, 0.4) is 0 Å². The van der Waals surface area contributed by atoms with Crippen molar-refractivity contribution in [1.82, 2.24) is 20.2 Å². The van der Waals surface area contributed by atoms with Gasteiger partial charge in [-0.2, -0.15) is 4.68 Å². The monoisotopic (exact) mass is 217 g/mol. The van der Waals surface area contributed by atoms with Crippen molar-refractivity contribution in [3.63, 3.8) is 0 Å². The summed E-state index contributed by atoms with van der Waals surface area (Å²) in [5.74, 6) is 0.640. The molecule has 0 saturated carbocycles. The maximum atomic E-state index is 9.88. The lowest BCUT2D eigenvalue weighted by Crippen LogP contribution is -2.06. The Morgan fingerprint density at radius 1 is 1.31 bits per heavy atom. The molecule has 1 aromatic heterocycles. The third-order valence-electron chi connectivity index (χ3n) is 2.02.